The van der Waals surface area contributed by atoms with Gasteiger partial charge in [-0.1, -0.05) is 0 Å². The minimum Gasteiger partial charge on any atom is -1.00 e. The summed E-state index contributed by atoms with van der Waals surface area (Å²) >= 11 is 0. The van der Waals surface area contributed by atoms with Gasteiger partial charge in [-0.25, -0.2) is 9.59 Å². The summed E-state index contributed by atoms with van der Waals surface area (Å²) in [6, 6.07) is 0. The van der Waals surface area contributed by atoms with Crippen LogP contribution in [0.15, 0.2) is 0 Å². The zero-order valence-corrected chi connectivity index (χ0v) is 11.8. The molecule has 0 aliphatic heterocycles. The fraction of sp³-hybridized carbons (Fsp3) is 0.750. The summed E-state index contributed by atoms with van der Waals surface area (Å²) in [7, 11) is 2.84. The van der Waals surface area contributed by atoms with E-state index in [9.17, 15) is 14.7 Å². The Morgan fingerprint density at radius 3 is 2.06 bits per heavy atom. The number of aliphatic hydroxyl groups is 2. The van der Waals surface area contributed by atoms with E-state index in [1.165, 1.54) is 21.0 Å². The monoisotopic (exact) mass is 245 g/mol. The van der Waals surface area contributed by atoms with Crippen LogP contribution in [-0.4, -0.2) is 60.1 Å². The zero-order valence-electron chi connectivity index (χ0n) is 10.8. The molecule has 16 heavy (non-hydrogen) atoms. The van der Waals surface area contributed by atoms with Gasteiger partial charge < -0.3 is 21.2 Å². The summed E-state index contributed by atoms with van der Waals surface area (Å²) in [6.45, 7) is 1.58. The van der Waals surface area contributed by atoms with Gasteiger partial charge in [0.1, 0.15) is 0 Å². The van der Waals surface area contributed by atoms with Crippen molar-refractivity contribution in [3.63, 3.8) is 0 Å². The summed E-state index contributed by atoms with van der Waals surface area (Å²) in [5.74, 6) is -2.19. The van der Waals surface area contributed by atoms with Crippen LogP contribution in [0.1, 0.15) is 8.35 Å². The third kappa shape index (κ3) is 6.41. The SMILES string of the molecule is CCOC(=O)C(O)C(O)C(=O)ON(C)C.[H-].[Na+]. The van der Waals surface area contributed by atoms with E-state index < -0.39 is 24.1 Å². The van der Waals surface area contributed by atoms with Gasteiger partial charge in [0.15, 0.2) is 12.2 Å². The normalized spacial score (nSPS) is 13.6. The van der Waals surface area contributed by atoms with Crippen molar-refractivity contribution >= 4 is 11.9 Å². The molecule has 0 saturated carbocycles. The molecule has 7 nitrogen and oxygen atoms in total. The third-order valence-corrected chi connectivity index (χ3v) is 1.34. The molecule has 0 amide bonds. The molecule has 0 aliphatic rings. The van der Waals surface area contributed by atoms with Gasteiger partial charge in [-0.2, -0.15) is 0 Å². The Kier molecular flexibility index (Phi) is 10.1. The molecule has 0 saturated heterocycles. The molecule has 0 radical (unpaired) electrons. The van der Waals surface area contributed by atoms with Crippen molar-refractivity contribution in [2.24, 2.45) is 0 Å². The maximum atomic E-state index is 11.0. The van der Waals surface area contributed by atoms with Gasteiger partial charge in [0.25, 0.3) is 0 Å². The van der Waals surface area contributed by atoms with Crippen LogP contribution < -0.4 is 29.6 Å². The molecular formula is C8H16NNaO6. The van der Waals surface area contributed by atoms with Crippen LogP contribution in [0.5, 0.6) is 0 Å². The maximum absolute atomic E-state index is 11.0. The molecule has 0 aliphatic carbocycles. The predicted octanol–water partition coefficient (Wildman–Crippen LogP) is -4.59. The van der Waals surface area contributed by atoms with Gasteiger partial charge in [-0.05, 0) is 6.92 Å². The van der Waals surface area contributed by atoms with E-state index in [0.717, 1.165) is 5.06 Å². The van der Waals surface area contributed by atoms with Crippen LogP contribution in [0.3, 0.4) is 0 Å². The summed E-state index contributed by atoms with van der Waals surface area (Å²) < 4.78 is 4.41. The van der Waals surface area contributed by atoms with Gasteiger partial charge in [0, 0.05) is 14.1 Å². The Labute approximate surface area is 117 Å². The summed E-state index contributed by atoms with van der Waals surface area (Å²) in [5.41, 5.74) is 0. The minimum atomic E-state index is -1.95. The second-order valence-electron chi connectivity index (χ2n) is 2.86. The first-order valence-corrected chi connectivity index (χ1v) is 4.32. The van der Waals surface area contributed by atoms with Crippen LogP contribution in [0.4, 0.5) is 0 Å². The summed E-state index contributed by atoms with van der Waals surface area (Å²) in [4.78, 5) is 26.4. The molecule has 0 spiro atoms. The molecule has 0 rings (SSSR count). The number of aliphatic hydroxyl groups excluding tert-OH is 2. The molecule has 2 N–H and O–H groups in total. The molecule has 0 bridgehead atoms. The van der Waals surface area contributed by atoms with Crippen molar-refractivity contribution in [2.75, 3.05) is 20.7 Å². The second-order valence-corrected chi connectivity index (χ2v) is 2.86. The first-order chi connectivity index (χ1) is 6.90. The van der Waals surface area contributed by atoms with Gasteiger partial charge in [0.05, 0.1) is 6.61 Å². The molecule has 0 fully saturated rings. The number of hydrogen-bond acceptors (Lipinski definition) is 7. The standard InChI is InChI=1S/C8H15NO6.Na.H/c1-4-14-7(12)5(10)6(11)8(13)15-9(2)3;;/h5-6,10-11H,4H2,1-3H3;;/q;+1;-1. The molecule has 2 atom stereocenters. The van der Waals surface area contributed by atoms with Gasteiger partial charge >= 0.3 is 41.5 Å². The number of hydroxylamine groups is 2. The Morgan fingerprint density at radius 2 is 1.69 bits per heavy atom. The number of esters is 1. The third-order valence-electron chi connectivity index (χ3n) is 1.34. The van der Waals surface area contributed by atoms with Crippen LogP contribution >= 0.6 is 0 Å². The molecule has 2 unspecified atom stereocenters. The number of carbonyl (C=O) groups excluding carboxylic acids is 2. The van der Waals surface area contributed by atoms with Gasteiger partial charge in [-0.3, -0.25) is 0 Å². The smallest absolute Gasteiger partial charge is 1.00 e. The van der Waals surface area contributed by atoms with Crippen molar-refractivity contribution in [2.45, 2.75) is 19.1 Å². The van der Waals surface area contributed by atoms with Gasteiger partial charge in [-0.15, -0.1) is 5.06 Å². The van der Waals surface area contributed by atoms with E-state index >= 15 is 0 Å². The van der Waals surface area contributed by atoms with Crippen LogP contribution in [0.2, 0.25) is 0 Å². The van der Waals surface area contributed by atoms with E-state index in [2.05, 4.69) is 9.57 Å². The van der Waals surface area contributed by atoms with Crippen molar-refractivity contribution < 1.29 is 60.4 Å². The van der Waals surface area contributed by atoms with E-state index in [1.54, 1.807) is 0 Å². The minimum absolute atomic E-state index is 0. The number of carbonyl (C=O) groups is 2. The average Bonchev–Trinajstić information content (AvgIpc) is 2.14. The zero-order chi connectivity index (χ0) is 12.0. The molecule has 90 valence electrons. The first kappa shape index (κ1) is 18.2. The molecule has 0 aromatic rings. The molecule has 0 aromatic heterocycles. The van der Waals surface area contributed by atoms with Crippen molar-refractivity contribution in [3.05, 3.63) is 0 Å². The molecular weight excluding hydrogens is 229 g/mol. The van der Waals surface area contributed by atoms with Crippen molar-refractivity contribution in [3.8, 4) is 0 Å². The fourth-order valence-electron chi connectivity index (χ4n) is 0.719. The largest absolute Gasteiger partial charge is 1.00 e. The Balaban J connectivity index is -0.000000980. The fourth-order valence-corrected chi connectivity index (χ4v) is 0.719. The summed E-state index contributed by atoms with van der Waals surface area (Å²) in [6.07, 6.45) is -3.89. The van der Waals surface area contributed by atoms with Crippen LogP contribution in [0, 0.1) is 0 Å². The first-order valence-electron chi connectivity index (χ1n) is 4.32. The van der Waals surface area contributed by atoms with E-state index in [1.807, 2.05) is 0 Å². The van der Waals surface area contributed by atoms with Crippen LogP contribution in [-0.2, 0) is 19.2 Å². The molecule has 0 aromatic carbocycles. The van der Waals surface area contributed by atoms with Crippen molar-refractivity contribution in [1.29, 1.82) is 0 Å². The van der Waals surface area contributed by atoms with E-state index in [-0.39, 0.29) is 37.6 Å². The summed E-state index contributed by atoms with van der Waals surface area (Å²) in [5, 5.41) is 19.4. The van der Waals surface area contributed by atoms with Gasteiger partial charge in [0.2, 0.25) is 0 Å². The second kappa shape index (κ2) is 8.91. The van der Waals surface area contributed by atoms with E-state index in [0.29, 0.717) is 0 Å². The predicted molar refractivity (Wildman–Crippen MR) is 49.5 cm³/mol. The Bertz CT molecular complexity index is 240. The molecule has 0 heterocycles. The van der Waals surface area contributed by atoms with Crippen molar-refractivity contribution in [1.82, 2.24) is 5.06 Å². The molecule has 8 heteroatoms. The number of hydrogen-bond donors (Lipinski definition) is 2. The maximum Gasteiger partial charge on any atom is 1.00 e. The average molecular weight is 245 g/mol. The topological polar surface area (TPSA) is 96.3 Å². The number of ether oxygens (including phenoxy) is 1. The Hall–Kier alpha value is -0.180. The van der Waals surface area contributed by atoms with Crippen LogP contribution in [0.25, 0.3) is 0 Å². The number of nitrogens with zero attached hydrogens (tertiary/aromatic N) is 1. The number of rotatable bonds is 5. The quantitative estimate of drug-likeness (QED) is 0.286. The Morgan fingerprint density at radius 1 is 1.25 bits per heavy atom. The van der Waals surface area contributed by atoms with E-state index in [4.69, 9.17) is 5.11 Å².